The summed E-state index contributed by atoms with van der Waals surface area (Å²) in [7, 11) is 0. The predicted octanol–water partition coefficient (Wildman–Crippen LogP) is 4.90. The molecule has 1 rings (SSSR count). The molecule has 0 saturated carbocycles. The Hall–Kier alpha value is -3.51. The van der Waals surface area contributed by atoms with Crippen LogP contribution in [0.3, 0.4) is 0 Å². The summed E-state index contributed by atoms with van der Waals surface area (Å²) < 4.78 is 0. The molecule has 2 atom stereocenters. The van der Waals surface area contributed by atoms with Crippen molar-refractivity contribution in [3.05, 3.63) is 0 Å². The van der Waals surface area contributed by atoms with Gasteiger partial charge in [0.15, 0.2) is 5.92 Å². The van der Waals surface area contributed by atoms with Crippen molar-refractivity contribution >= 4 is 41.5 Å². The largest absolute Gasteiger partial charge is 0.481 e. The first-order valence-electron chi connectivity index (χ1n) is 17.9. The number of rotatable bonds is 29. The van der Waals surface area contributed by atoms with Crippen LogP contribution in [0.5, 0.6) is 0 Å². The maximum atomic E-state index is 12.4. The highest BCUT2D eigenvalue weighted by Gasteiger charge is 2.39. The summed E-state index contributed by atoms with van der Waals surface area (Å²) in [6.45, 7) is 4.00. The zero-order valence-electron chi connectivity index (χ0n) is 29.0. The number of amides is 4. The Bertz CT molecular complexity index is 1030. The molecular formula is C35H59N3O10. The number of carboxylic acid groups (broad SMARTS) is 3. The molecule has 13 nitrogen and oxygen atoms in total. The van der Waals surface area contributed by atoms with Crippen LogP contribution < -0.4 is 10.6 Å². The molecule has 0 bridgehead atoms. The fourth-order valence-electron chi connectivity index (χ4n) is 5.90. The molecular weight excluding hydrogens is 622 g/mol. The lowest BCUT2D eigenvalue weighted by atomic mass is 9.94. The quantitative estimate of drug-likeness (QED) is 0.0410. The molecule has 0 aromatic rings. The number of carboxylic acids is 3. The van der Waals surface area contributed by atoms with Crippen LogP contribution in [-0.2, 0) is 33.6 Å². The fourth-order valence-corrected chi connectivity index (χ4v) is 5.90. The third-order valence-corrected chi connectivity index (χ3v) is 9.00. The van der Waals surface area contributed by atoms with Gasteiger partial charge in [0.05, 0.1) is 0 Å². The average Bonchev–Trinajstić information content (AvgIpc) is 3.30. The summed E-state index contributed by atoms with van der Waals surface area (Å²) in [5.74, 6) is -6.12. The van der Waals surface area contributed by atoms with Crippen LogP contribution >= 0.6 is 0 Å². The number of unbranched alkanes of at least 4 members (excludes halogenated alkanes) is 14. The van der Waals surface area contributed by atoms with E-state index in [1.54, 1.807) is 0 Å². The highest BCUT2D eigenvalue weighted by atomic mass is 16.4. The van der Waals surface area contributed by atoms with E-state index in [9.17, 15) is 38.7 Å². The molecule has 2 unspecified atom stereocenters. The first kappa shape index (κ1) is 42.5. The fraction of sp³-hybridized carbons (Fsp3) is 0.800. The molecule has 274 valence electrons. The second-order valence-electron chi connectivity index (χ2n) is 13.4. The second kappa shape index (κ2) is 24.6. The normalized spacial score (nSPS) is 15.2. The van der Waals surface area contributed by atoms with E-state index in [0.29, 0.717) is 38.6 Å². The summed E-state index contributed by atoms with van der Waals surface area (Å²) in [6.07, 6.45) is 15.4. The molecule has 1 aliphatic rings. The van der Waals surface area contributed by atoms with E-state index >= 15 is 0 Å². The molecule has 1 heterocycles. The van der Waals surface area contributed by atoms with Gasteiger partial charge < -0.3 is 26.0 Å². The van der Waals surface area contributed by atoms with Gasteiger partial charge in [0.2, 0.25) is 23.6 Å². The molecule has 0 aliphatic carbocycles. The van der Waals surface area contributed by atoms with E-state index in [2.05, 4.69) is 10.6 Å². The molecule has 1 aliphatic heterocycles. The van der Waals surface area contributed by atoms with Crippen LogP contribution in [0.2, 0.25) is 0 Å². The number of imide groups is 1. The minimum atomic E-state index is -1.31. The van der Waals surface area contributed by atoms with Crippen molar-refractivity contribution in [1.82, 2.24) is 15.5 Å². The smallest absolute Gasteiger partial charge is 0.328 e. The van der Waals surface area contributed by atoms with E-state index in [1.165, 1.54) is 4.90 Å². The molecule has 0 aromatic carbocycles. The van der Waals surface area contributed by atoms with Crippen LogP contribution in [0, 0.1) is 17.8 Å². The second-order valence-corrected chi connectivity index (χ2v) is 13.4. The number of carbonyl (C=O) groups is 7. The molecule has 0 radical (unpaired) electrons. The third-order valence-electron chi connectivity index (χ3n) is 9.00. The van der Waals surface area contributed by atoms with Gasteiger partial charge in [-0.2, -0.15) is 0 Å². The van der Waals surface area contributed by atoms with E-state index < -0.39 is 29.9 Å². The summed E-state index contributed by atoms with van der Waals surface area (Å²) in [5.41, 5.74) is 0. The Morgan fingerprint density at radius 2 is 1.12 bits per heavy atom. The van der Waals surface area contributed by atoms with Crippen molar-refractivity contribution in [2.75, 3.05) is 13.1 Å². The van der Waals surface area contributed by atoms with Gasteiger partial charge in [-0.05, 0) is 31.6 Å². The van der Waals surface area contributed by atoms with Gasteiger partial charge in [0, 0.05) is 38.3 Å². The van der Waals surface area contributed by atoms with Crippen LogP contribution in [-0.4, -0.2) is 80.9 Å². The number of carbonyl (C=O) groups excluding carboxylic acids is 4. The van der Waals surface area contributed by atoms with Gasteiger partial charge >= 0.3 is 17.9 Å². The van der Waals surface area contributed by atoms with Crippen molar-refractivity contribution in [2.24, 2.45) is 17.8 Å². The molecule has 5 N–H and O–H groups in total. The third kappa shape index (κ3) is 18.1. The highest BCUT2D eigenvalue weighted by molar-refractivity contribution is 6.03. The number of nitrogens with zero attached hydrogens (tertiary/aromatic N) is 1. The summed E-state index contributed by atoms with van der Waals surface area (Å²) in [5, 5.41) is 32.3. The van der Waals surface area contributed by atoms with Gasteiger partial charge in [0.25, 0.3) is 0 Å². The molecule has 0 spiro atoms. The Morgan fingerprint density at radius 3 is 1.58 bits per heavy atom. The van der Waals surface area contributed by atoms with Crippen LogP contribution in [0.4, 0.5) is 0 Å². The first-order valence-corrected chi connectivity index (χ1v) is 17.9. The standard InChI is InChI=1S/C35H59N3O10/c1-25(2)27-23-31(41)38(32(27)42)22-18-14-17-20-29(39)36-24-28(35(47)48)37-30(40)21-16-13-11-9-7-5-3-4-6-8-10-12-15-19-26(33(43)44)34(45)46/h25-28H,3-24H2,1-2H3,(H,36,39)(H,37,40)(H,43,44)(H,45,46)(H,47,48). The number of hydrogen-bond donors (Lipinski definition) is 5. The molecule has 4 amide bonds. The minimum absolute atomic E-state index is 0.118. The predicted molar refractivity (Wildman–Crippen MR) is 179 cm³/mol. The average molecular weight is 682 g/mol. The molecule has 1 saturated heterocycles. The lowest BCUT2D eigenvalue weighted by Gasteiger charge is -2.16. The summed E-state index contributed by atoms with van der Waals surface area (Å²) in [4.78, 5) is 83.6. The van der Waals surface area contributed by atoms with Crippen molar-refractivity contribution in [3.8, 4) is 0 Å². The Labute approximate surface area is 285 Å². The van der Waals surface area contributed by atoms with Gasteiger partial charge in [-0.3, -0.25) is 33.7 Å². The number of likely N-dealkylation sites (tertiary alicyclic amines) is 1. The summed E-state index contributed by atoms with van der Waals surface area (Å²) in [6, 6.07) is -1.20. The Balaban J connectivity index is 2.03. The molecule has 0 aromatic heterocycles. The number of aliphatic carboxylic acids is 3. The first-order chi connectivity index (χ1) is 22.8. The highest BCUT2D eigenvalue weighted by Crippen LogP contribution is 2.26. The topological polar surface area (TPSA) is 207 Å². The zero-order valence-corrected chi connectivity index (χ0v) is 29.0. The van der Waals surface area contributed by atoms with E-state index in [1.807, 2.05) is 13.8 Å². The molecule has 13 heteroatoms. The zero-order chi connectivity index (χ0) is 35.9. The van der Waals surface area contributed by atoms with Crippen molar-refractivity contribution in [1.29, 1.82) is 0 Å². The van der Waals surface area contributed by atoms with E-state index in [0.717, 1.165) is 70.6 Å². The van der Waals surface area contributed by atoms with Gasteiger partial charge in [0.1, 0.15) is 6.04 Å². The lowest BCUT2D eigenvalue weighted by molar-refractivity contribution is -0.155. The molecule has 1 fully saturated rings. The Morgan fingerprint density at radius 1 is 0.667 bits per heavy atom. The SMILES string of the molecule is CC(C)C1CC(=O)N(CCCCCC(=O)NCC(NC(=O)CCCCCCCCCCCCCCCC(C(=O)O)C(=O)O)C(=O)O)C1=O. The van der Waals surface area contributed by atoms with Crippen LogP contribution in [0.1, 0.15) is 142 Å². The maximum Gasteiger partial charge on any atom is 0.328 e. The van der Waals surface area contributed by atoms with Crippen molar-refractivity contribution < 1.29 is 48.9 Å². The Kier molecular flexibility index (Phi) is 21.8. The van der Waals surface area contributed by atoms with Crippen LogP contribution in [0.25, 0.3) is 0 Å². The minimum Gasteiger partial charge on any atom is -0.481 e. The molecule has 48 heavy (non-hydrogen) atoms. The number of hydrogen-bond acceptors (Lipinski definition) is 7. The van der Waals surface area contributed by atoms with Gasteiger partial charge in [-0.25, -0.2) is 4.79 Å². The maximum absolute atomic E-state index is 12.4. The number of nitrogens with one attached hydrogen (secondary N) is 2. The van der Waals surface area contributed by atoms with Crippen LogP contribution in [0.15, 0.2) is 0 Å². The lowest BCUT2D eigenvalue weighted by Crippen LogP contribution is -2.48. The monoisotopic (exact) mass is 681 g/mol. The van der Waals surface area contributed by atoms with E-state index in [4.69, 9.17) is 10.2 Å². The van der Waals surface area contributed by atoms with Crippen molar-refractivity contribution in [2.45, 2.75) is 148 Å². The van der Waals surface area contributed by atoms with Gasteiger partial charge in [-0.15, -0.1) is 0 Å². The summed E-state index contributed by atoms with van der Waals surface area (Å²) >= 11 is 0. The van der Waals surface area contributed by atoms with Gasteiger partial charge in [-0.1, -0.05) is 97.3 Å². The van der Waals surface area contributed by atoms with E-state index in [-0.39, 0.29) is 67.7 Å². The van der Waals surface area contributed by atoms with Crippen molar-refractivity contribution in [3.63, 3.8) is 0 Å².